The van der Waals surface area contributed by atoms with Crippen LogP contribution in [0.2, 0.25) is 0 Å². The Morgan fingerprint density at radius 1 is 1.07 bits per heavy atom. The molecule has 3 heteroatoms. The van der Waals surface area contributed by atoms with Crippen molar-refractivity contribution in [2.45, 2.75) is 59.3 Å². The molecule has 3 nitrogen and oxygen atoms in total. The van der Waals surface area contributed by atoms with Crippen molar-refractivity contribution in [3.63, 3.8) is 0 Å². The molecule has 0 radical (unpaired) electrons. The zero-order chi connectivity index (χ0) is 11.9. The van der Waals surface area contributed by atoms with Crippen LogP contribution in [0.3, 0.4) is 0 Å². The Labute approximate surface area is 93.8 Å². The van der Waals surface area contributed by atoms with Crippen molar-refractivity contribution in [2.24, 2.45) is 0 Å². The molecular formula is C12H26O3. The highest BCUT2D eigenvalue weighted by atomic mass is 16.5. The molecule has 15 heavy (non-hydrogen) atoms. The van der Waals surface area contributed by atoms with Crippen molar-refractivity contribution in [1.82, 2.24) is 0 Å². The number of carbonyl (C=O) groups is 1. The SMILES string of the molecule is CCCCCC.CCOC(=O)CCCO. The second kappa shape index (κ2) is 15.9. The zero-order valence-electron chi connectivity index (χ0n) is 10.4. The second-order valence-corrected chi connectivity index (χ2v) is 3.34. The summed E-state index contributed by atoms with van der Waals surface area (Å²) in [6, 6.07) is 0. The van der Waals surface area contributed by atoms with Crippen molar-refractivity contribution in [3.8, 4) is 0 Å². The molecule has 92 valence electrons. The van der Waals surface area contributed by atoms with Gasteiger partial charge in [0.2, 0.25) is 0 Å². The number of rotatable bonds is 7. The molecular weight excluding hydrogens is 192 g/mol. The van der Waals surface area contributed by atoms with Crippen LogP contribution in [0.1, 0.15) is 59.3 Å². The van der Waals surface area contributed by atoms with E-state index in [0.29, 0.717) is 19.4 Å². The van der Waals surface area contributed by atoms with E-state index in [1.807, 2.05) is 0 Å². The third kappa shape index (κ3) is 19.7. The Morgan fingerprint density at radius 2 is 1.60 bits per heavy atom. The summed E-state index contributed by atoms with van der Waals surface area (Å²) in [6.07, 6.45) is 6.36. The Hall–Kier alpha value is -0.570. The molecule has 0 aliphatic heterocycles. The topological polar surface area (TPSA) is 46.5 Å². The van der Waals surface area contributed by atoms with E-state index >= 15 is 0 Å². The minimum Gasteiger partial charge on any atom is -0.466 e. The van der Waals surface area contributed by atoms with Crippen LogP contribution in [0.15, 0.2) is 0 Å². The average Bonchev–Trinajstić information content (AvgIpc) is 2.25. The molecule has 0 aliphatic carbocycles. The summed E-state index contributed by atoms with van der Waals surface area (Å²) < 4.78 is 4.59. The summed E-state index contributed by atoms with van der Waals surface area (Å²) in [4.78, 5) is 10.5. The van der Waals surface area contributed by atoms with Gasteiger partial charge < -0.3 is 9.84 Å². The molecule has 0 spiro atoms. The third-order valence-corrected chi connectivity index (χ3v) is 1.80. The quantitative estimate of drug-likeness (QED) is 0.528. The van der Waals surface area contributed by atoms with Crippen LogP contribution >= 0.6 is 0 Å². The maximum Gasteiger partial charge on any atom is 0.305 e. The first-order valence-electron chi connectivity index (χ1n) is 5.99. The van der Waals surface area contributed by atoms with Crippen molar-refractivity contribution in [2.75, 3.05) is 13.2 Å². The molecule has 0 aromatic rings. The van der Waals surface area contributed by atoms with E-state index in [1.165, 1.54) is 25.7 Å². The fraction of sp³-hybridized carbons (Fsp3) is 0.917. The van der Waals surface area contributed by atoms with E-state index in [9.17, 15) is 4.79 Å². The summed E-state index contributed by atoms with van der Waals surface area (Å²) in [5, 5.41) is 8.28. The molecule has 0 fully saturated rings. The van der Waals surface area contributed by atoms with E-state index < -0.39 is 0 Å². The largest absolute Gasteiger partial charge is 0.466 e. The van der Waals surface area contributed by atoms with Crippen molar-refractivity contribution in [3.05, 3.63) is 0 Å². The number of unbranched alkanes of at least 4 members (excludes halogenated alkanes) is 3. The van der Waals surface area contributed by atoms with Gasteiger partial charge in [-0.3, -0.25) is 4.79 Å². The van der Waals surface area contributed by atoms with Crippen LogP contribution in [0.4, 0.5) is 0 Å². The molecule has 0 amide bonds. The van der Waals surface area contributed by atoms with Crippen LogP contribution in [0, 0.1) is 0 Å². The number of carbonyl (C=O) groups excluding carboxylic acids is 1. The molecule has 0 aliphatic rings. The fourth-order valence-corrected chi connectivity index (χ4v) is 0.957. The average molecular weight is 218 g/mol. The van der Waals surface area contributed by atoms with Gasteiger partial charge >= 0.3 is 5.97 Å². The molecule has 0 saturated heterocycles. The molecule has 0 rings (SSSR count). The Morgan fingerprint density at radius 3 is 1.93 bits per heavy atom. The maximum absolute atomic E-state index is 10.5. The first-order chi connectivity index (χ1) is 7.22. The van der Waals surface area contributed by atoms with Gasteiger partial charge in [0.25, 0.3) is 0 Å². The van der Waals surface area contributed by atoms with Crippen molar-refractivity contribution >= 4 is 5.97 Å². The number of esters is 1. The fourth-order valence-electron chi connectivity index (χ4n) is 0.957. The van der Waals surface area contributed by atoms with Gasteiger partial charge in [-0.25, -0.2) is 0 Å². The highest BCUT2D eigenvalue weighted by molar-refractivity contribution is 5.69. The van der Waals surface area contributed by atoms with Gasteiger partial charge in [0.1, 0.15) is 0 Å². The predicted molar refractivity (Wildman–Crippen MR) is 62.8 cm³/mol. The summed E-state index contributed by atoms with van der Waals surface area (Å²) in [6.45, 7) is 6.70. The summed E-state index contributed by atoms with van der Waals surface area (Å²) >= 11 is 0. The van der Waals surface area contributed by atoms with E-state index in [0.717, 1.165) is 0 Å². The Balaban J connectivity index is 0. The van der Waals surface area contributed by atoms with Crippen LogP contribution in [-0.2, 0) is 9.53 Å². The maximum atomic E-state index is 10.5. The van der Waals surface area contributed by atoms with Gasteiger partial charge in [-0.15, -0.1) is 0 Å². The molecule has 0 aromatic carbocycles. The van der Waals surface area contributed by atoms with Crippen LogP contribution in [0.25, 0.3) is 0 Å². The van der Waals surface area contributed by atoms with Crippen molar-refractivity contribution in [1.29, 1.82) is 0 Å². The molecule has 0 aromatic heterocycles. The van der Waals surface area contributed by atoms with Gasteiger partial charge in [0.15, 0.2) is 0 Å². The molecule has 0 saturated carbocycles. The van der Waals surface area contributed by atoms with E-state index in [-0.39, 0.29) is 12.6 Å². The number of ether oxygens (including phenoxy) is 1. The number of hydrogen-bond acceptors (Lipinski definition) is 3. The first-order valence-corrected chi connectivity index (χ1v) is 5.99. The number of aliphatic hydroxyl groups is 1. The smallest absolute Gasteiger partial charge is 0.305 e. The minimum absolute atomic E-state index is 0.0544. The van der Waals surface area contributed by atoms with E-state index in [1.54, 1.807) is 6.92 Å². The van der Waals surface area contributed by atoms with Crippen LogP contribution < -0.4 is 0 Å². The lowest BCUT2D eigenvalue weighted by atomic mass is 10.2. The van der Waals surface area contributed by atoms with Gasteiger partial charge in [0, 0.05) is 13.0 Å². The Kier molecular flexibility index (Phi) is 17.8. The molecule has 0 atom stereocenters. The number of hydrogen-bond donors (Lipinski definition) is 1. The lowest BCUT2D eigenvalue weighted by molar-refractivity contribution is -0.143. The summed E-state index contributed by atoms with van der Waals surface area (Å²) in [5.41, 5.74) is 0. The van der Waals surface area contributed by atoms with Gasteiger partial charge in [-0.1, -0.05) is 39.5 Å². The highest BCUT2D eigenvalue weighted by Gasteiger charge is 1.97. The van der Waals surface area contributed by atoms with Crippen LogP contribution in [0.5, 0.6) is 0 Å². The number of aliphatic hydroxyl groups excluding tert-OH is 1. The predicted octanol–water partition coefficient (Wildman–Crippen LogP) is 2.91. The van der Waals surface area contributed by atoms with E-state index in [4.69, 9.17) is 5.11 Å². The summed E-state index contributed by atoms with van der Waals surface area (Å²) in [7, 11) is 0. The van der Waals surface area contributed by atoms with Gasteiger partial charge in [-0.05, 0) is 13.3 Å². The molecule has 1 N–H and O–H groups in total. The lowest BCUT2D eigenvalue weighted by Gasteiger charge is -1.97. The monoisotopic (exact) mass is 218 g/mol. The Bertz CT molecular complexity index is 120. The zero-order valence-corrected chi connectivity index (χ0v) is 10.4. The van der Waals surface area contributed by atoms with E-state index in [2.05, 4.69) is 18.6 Å². The third-order valence-electron chi connectivity index (χ3n) is 1.80. The first kappa shape index (κ1) is 16.8. The normalized spacial score (nSPS) is 9.07. The standard InChI is InChI=1S/C6H12O3.C6H14/c1-2-9-6(8)4-3-5-7;1-3-5-6-4-2/h7H,2-5H2,1H3;3-6H2,1-2H3. The minimum atomic E-state index is -0.230. The van der Waals surface area contributed by atoms with Crippen LogP contribution in [-0.4, -0.2) is 24.3 Å². The van der Waals surface area contributed by atoms with Crippen molar-refractivity contribution < 1.29 is 14.6 Å². The molecule has 0 bridgehead atoms. The lowest BCUT2D eigenvalue weighted by Crippen LogP contribution is -2.03. The van der Waals surface area contributed by atoms with Gasteiger partial charge in [-0.2, -0.15) is 0 Å². The molecule has 0 heterocycles. The second-order valence-electron chi connectivity index (χ2n) is 3.34. The highest BCUT2D eigenvalue weighted by Crippen LogP contribution is 1.95. The summed E-state index contributed by atoms with van der Waals surface area (Å²) in [5.74, 6) is -0.230. The van der Waals surface area contributed by atoms with Gasteiger partial charge in [0.05, 0.1) is 6.61 Å². The molecule has 0 unspecified atom stereocenters.